The highest BCUT2D eigenvalue weighted by Crippen LogP contribution is 2.54. The molecule has 3 heterocycles. The molecule has 240 valence electrons. The standard InChI is InChI=1S/C32H38Cl2N6O4S/c1-31(22-7-11-24(33)12-8-22)32(2,23-9-13-25(34)14-10-23)40(27(37-31)26-21-35-29(44-4)36-28(26)43-3)30(41)39-18-16-38(17-19-39)15-6-20-45(5)42/h7-14,21H,6,15-20H2,1-5H3/t31-,32+,45?/m0/s1. The fourth-order valence-electron chi connectivity index (χ4n) is 6.12. The Balaban J connectivity index is 1.63. The molecular formula is C32H38Cl2N6O4S. The lowest BCUT2D eigenvalue weighted by molar-refractivity contribution is 0.0868. The van der Waals surface area contributed by atoms with Crippen molar-refractivity contribution in [1.29, 1.82) is 0 Å². The number of aromatic nitrogens is 2. The van der Waals surface area contributed by atoms with Gasteiger partial charge in [0.05, 0.1) is 19.8 Å². The molecule has 1 aromatic heterocycles. The first-order chi connectivity index (χ1) is 21.5. The van der Waals surface area contributed by atoms with Crippen LogP contribution in [0.5, 0.6) is 11.9 Å². The van der Waals surface area contributed by atoms with Crippen LogP contribution in [0.25, 0.3) is 0 Å². The van der Waals surface area contributed by atoms with Crippen molar-refractivity contribution in [3.63, 3.8) is 0 Å². The fourth-order valence-corrected chi connectivity index (χ4v) is 6.91. The summed E-state index contributed by atoms with van der Waals surface area (Å²) in [6, 6.07) is 15.0. The van der Waals surface area contributed by atoms with Gasteiger partial charge in [0.2, 0.25) is 5.88 Å². The lowest BCUT2D eigenvalue weighted by atomic mass is 9.71. The van der Waals surface area contributed by atoms with Crippen molar-refractivity contribution >= 4 is 45.9 Å². The monoisotopic (exact) mass is 672 g/mol. The molecule has 0 radical (unpaired) electrons. The molecule has 0 N–H and O–H groups in total. The van der Waals surface area contributed by atoms with E-state index < -0.39 is 21.9 Å². The van der Waals surface area contributed by atoms with Gasteiger partial charge in [-0.1, -0.05) is 47.5 Å². The molecule has 3 aromatic rings. The lowest BCUT2D eigenvalue weighted by Gasteiger charge is -2.47. The molecule has 0 spiro atoms. The summed E-state index contributed by atoms with van der Waals surface area (Å²) < 4.78 is 22.5. The third-order valence-corrected chi connectivity index (χ3v) is 10.2. The Labute approximate surface area is 276 Å². The van der Waals surface area contributed by atoms with Crippen LogP contribution in [0.3, 0.4) is 0 Å². The summed E-state index contributed by atoms with van der Waals surface area (Å²) in [4.78, 5) is 35.0. The number of nitrogens with zero attached hydrogens (tertiary/aromatic N) is 6. The summed E-state index contributed by atoms with van der Waals surface area (Å²) in [6.45, 7) is 7.37. The smallest absolute Gasteiger partial charge is 0.326 e. The fraction of sp³-hybridized carbons (Fsp3) is 0.438. The first-order valence-corrected chi connectivity index (χ1v) is 17.2. The second-order valence-corrected chi connectivity index (χ2v) is 13.9. The van der Waals surface area contributed by atoms with E-state index in [9.17, 15) is 9.00 Å². The maximum atomic E-state index is 14.9. The Morgan fingerprint density at radius 3 is 2.09 bits per heavy atom. The number of carbonyl (C=O) groups is 1. The largest absolute Gasteiger partial charge is 0.480 e. The lowest BCUT2D eigenvalue weighted by Crippen LogP contribution is -2.60. The number of amidine groups is 1. The molecule has 1 saturated heterocycles. The van der Waals surface area contributed by atoms with Gasteiger partial charge in [0.25, 0.3) is 0 Å². The van der Waals surface area contributed by atoms with E-state index in [4.69, 9.17) is 37.7 Å². The molecule has 1 fully saturated rings. The van der Waals surface area contributed by atoms with Crippen LogP contribution in [0.15, 0.2) is 59.7 Å². The zero-order chi connectivity index (χ0) is 32.4. The molecule has 0 saturated carbocycles. The van der Waals surface area contributed by atoms with Crippen molar-refractivity contribution in [1.82, 2.24) is 24.7 Å². The van der Waals surface area contributed by atoms with Crippen molar-refractivity contribution in [3.8, 4) is 11.9 Å². The summed E-state index contributed by atoms with van der Waals surface area (Å²) >= 11 is 12.7. The van der Waals surface area contributed by atoms with Crippen LogP contribution < -0.4 is 9.47 Å². The number of urea groups is 1. The van der Waals surface area contributed by atoms with Crippen molar-refractivity contribution in [3.05, 3.63) is 81.5 Å². The van der Waals surface area contributed by atoms with E-state index in [-0.39, 0.29) is 17.9 Å². The van der Waals surface area contributed by atoms with Gasteiger partial charge < -0.3 is 14.4 Å². The highest BCUT2D eigenvalue weighted by Gasteiger charge is 2.60. The molecule has 10 nitrogen and oxygen atoms in total. The molecule has 13 heteroatoms. The molecule has 2 amide bonds. The van der Waals surface area contributed by atoms with Crippen LogP contribution in [0.1, 0.15) is 37.0 Å². The van der Waals surface area contributed by atoms with Crippen LogP contribution in [0.4, 0.5) is 4.79 Å². The van der Waals surface area contributed by atoms with E-state index in [1.165, 1.54) is 14.2 Å². The first-order valence-electron chi connectivity index (χ1n) is 14.7. The normalized spacial score (nSPS) is 22.7. The number of carbonyl (C=O) groups excluding carboxylic acids is 1. The summed E-state index contributed by atoms with van der Waals surface area (Å²) in [5.41, 5.74) is 0.139. The molecule has 5 rings (SSSR count). The van der Waals surface area contributed by atoms with Crippen molar-refractivity contribution in [2.45, 2.75) is 31.3 Å². The summed E-state index contributed by atoms with van der Waals surface area (Å²) in [5.74, 6) is 1.28. The van der Waals surface area contributed by atoms with Gasteiger partial charge in [-0.05, 0) is 62.2 Å². The molecule has 1 unspecified atom stereocenters. The van der Waals surface area contributed by atoms with Crippen LogP contribution in [-0.2, 0) is 21.9 Å². The number of hydrogen-bond donors (Lipinski definition) is 0. The van der Waals surface area contributed by atoms with E-state index in [0.29, 0.717) is 53.4 Å². The van der Waals surface area contributed by atoms with E-state index in [2.05, 4.69) is 14.9 Å². The number of piperazine rings is 1. The number of methoxy groups -OCH3 is 2. The Bertz CT molecular complexity index is 1580. The number of amides is 2. The third-order valence-electron chi connectivity index (χ3n) is 8.84. The number of benzene rings is 2. The minimum atomic E-state index is -1.04. The summed E-state index contributed by atoms with van der Waals surface area (Å²) in [6.07, 6.45) is 4.16. The summed E-state index contributed by atoms with van der Waals surface area (Å²) in [7, 11) is 2.17. The van der Waals surface area contributed by atoms with Crippen LogP contribution in [-0.4, -0.2) is 99.7 Å². The maximum Gasteiger partial charge on any atom is 0.326 e. The van der Waals surface area contributed by atoms with Gasteiger partial charge in [-0.25, -0.2) is 9.78 Å². The number of rotatable bonds is 9. The zero-order valence-electron chi connectivity index (χ0n) is 26.1. The molecular weight excluding hydrogens is 635 g/mol. The molecule has 2 aliphatic heterocycles. The summed E-state index contributed by atoms with van der Waals surface area (Å²) in [5, 5.41) is 1.18. The molecule has 2 aromatic carbocycles. The van der Waals surface area contributed by atoms with Gasteiger partial charge in [0.15, 0.2) is 0 Å². The highest BCUT2D eigenvalue weighted by atomic mass is 35.5. The third kappa shape index (κ3) is 6.40. The van der Waals surface area contributed by atoms with Crippen molar-refractivity contribution in [2.75, 3.05) is 59.0 Å². The highest BCUT2D eigenvalue weighted by molar-refractivity contribution is 7.84. The molecule has 45 heavy (non-hydrogen) atoms. The average Bonchev–Trinajstić information content (AvgIpc) is 3.28. The van der Waals surface area contributed by atoms with Gasteiger partial charge in [0.1, 0.15) is 16.9 Å². The maximum absolute atomic E-state index is 14.9. The SMILES string of the molecule is COc1ncc(C2=N[C@@](C)(c3ccc(Cl)cc3)[C@@](C)(c3ccc(Cl)cc3)N2C(=O)N2CCN(CCCS(C)=O)CC2)c(OC)n1. The minimum Gasteiger partial charge on any atom is -0.480 e. The van der Waals surface area contributed by atoms with Gasteiger partial charge in [-0.3, -0.25) is 19.0 Å². The predicted molar refractivity (Wildman–Crippen MR) is 178 cm³/mol. The van der Waals surface area contributed by atoms with Crippen molar-refractivity contribution in [2.24, 2.45) is 4.99 Å². The predicted octanol–water partition coefficient (Wildman–Crippen LogP) is 5.20. The van der Waals surface area contributed by atoms with Gasteiger partial charge in [-0.15, -0.1) is 0 Å². The van der Waals surface area contributed by atoms with Crippen LogP contribution in [0, 0.1) is 0 Å². The van der Waals surface area contributed by atoms with Crippen LogP contribution in [0.2, 0.25) is 10.0 Å². The van der Waals surface area contributed by atoms with Gasteiger partial charge in [0, 0.05) is 65.2 Å². The van der Waals surface area contributed by atoms with E-state index in [1.54, 1.807) is 17.4 Å². The molecule has 3 atom stereocenters. The Morgan fingerprint density at radius 1 is 0.933 bits per heavy atom. The van der Waals surface area contributed by atoms with E-state index >= 15 is 0 Å². The first kappa shape index (κ1) is 33.1. The second kappa shape index (κ2) is 13.6. The minimum absolute atomic E-state index is 0.135. The number of ether oxygens (including phenoxy) is 2. The Hall–Kier alpha value is -3.25. The topological polar surface area (TPSA) is 100 Å². The van der Waals surface area contributed by atoms with E-state index in [0.717, 1.165) is 24.1 Å². The number of hydrogen-bond acceptors (Lipinski definition) is 8. The molecule has 0 bridgehead atoms. The average molecular weight is 674 g/mol. The second-order valence-electron chi connectivity index (χ2n) is 11.5. The molecule has 0 aliphatic carbocycles. The van der Waals surface area contributed by atoms with E-state index in [1.807, 2.05) is 67.3 Å². The number of halogens is 2. The quantitative estimate of drug-likeness (QED) is 0.308. The zero-order valence-corrected chi connectivity index (χ0v) is 28.5. The Morgan fingerprint density at radius 2 is 1.53 bits per heavy atom. The van der Waals surface area contributed by atoms with Crippen molar-refractivity contribution < 1.29 is 18.5 Å². The number of aliphatic imine (C=N–C) groups is 1. The van der Waals surface area contributed by atoms with Gasteiger partial charge >= 0.3 is 12.0 Å². The van der Waals surface area contributed by atoms with Crippen LogP contribution >= 0.6 is 23.2 Å². The Kier molecular flexibility index (Phi) is 10.0. The van der Waals surface area contributed by atoms with Gasteiger partial charge in [-0.2, -0.15) is 4.98 Å². The molecule has 2 aliphatic rings.